The first kappa shape index (κ1) is 17.5. The normalized spacial score (nSPS) is 25.9. The smallest absolute Gasteiger partial charge is 0.225 e. The lowest BCUT2D eigenvalue weighted by Gasteiger charge is -2.35. The van der Waals surface area contributed by atoms with Crippen LogP contribution in [0, 0.1) is 11.8 Å². The molecule has 0 spiro atoms. The summed E-state index contributed by atoms with van der Waals surface area (Å²) in [7, 11) is 0. The number of aromatic nitrogens is 2. The standard InChI is InChI=1S/C21H24ClN3O/c1-13-7-14(2)12-25(11-13)21-23-10-18-19(24-21)8-16(9-20(18)26)15-3-5-17(22)6-4-15/h3-6,10,13-14,16H,7-9,11-12H2,1-2H3/t13-,14+,16-/m1/s1. The van der Waals surface area contributed by atoms with E-state index in [1.807, 2.05) is 24.3 Å². The molecule has 26 heavy (non-hydrogen) atoms. The molecule has 1 aliphatic carbocycles. The molecule has 1 fully saturated rings. The summed E-state index contributed by atoms with van der Waals surface area (Å²) in [5.41, 5.74) is 2.72. The molecule has 1 saturated heterocycles. The molecule has 0 bridgehead atoms. The number of carbonyl (C=O) groups excluding carboxylic acids is 1. The van der Waals surface area contributed by atoms with Crippen LogP contribution in [0.3, 0.4) is 0 Å². The van der Waals surface area contributed by atoms with Crippen molar-refractivity contribution in [2.75, 3.05) is 18.0 Å². The molecule has 1 aromatic carbocycles. The van der Waals surface area contributed by atoms with Gasteiger partial charge in [0.2, 0.25) is 5.95 Å². The van der Waals surface area contributed by atoms with Crippen LogP contribution < -0.4 is 4.90 Å². The van der Waals surface area contributed by atoms with Gasteiger partial charge in [-0.05, 0) is 48.3 Å². The molecule has 2 aromatic rings. The lowest BCUT2D eigenvalue weighted by Crippen LogP contribution is -2.40. The molecule has 2 heterocycles. The zero-order valence-electron chi connectivity index (χ0n) is 15.3. The van der Waals surface area contributed by atoms with E-state index in [2.05, 4.69) is 23.7 Å². The lowest BCUT2D eigenvalue weighted by molar-refractivity contribution is 0.0962. The predicted molar refractivity (Wildman–Crippen MR) is 104 cm³/mol. The molecule has 136 valence electrons. The van der Waals surface area contributed by atoms with Crippen molar-refractivity contribution in [3.8, 4) is 0 Å². The van der Waals surface area contributed by atoms with E-state index in [-0.39, 0.29) is 11.7 Å². The summed E-state index contributed by atoms with van der Waals surface area (Å²) in [4.78, 5) is 24.2. The van der Waals surface area contributed by atoms with Crippen molar-refractivity contribution in [1.82, 2.24) is 9.97 Å². The van der Waals surface area contributed by atoms with E-state index in [0.29, 0.717) is 28.8 Å². The fraction of sp³-hybridized carbons (Fsp3) is 0.476. The minimum absolute atomic E-state index is 0.137. The van der Waals surface area contributed by atoms with Crippen molar-refractivity contribution in [3.05, 3.63) is 52.3 Å². The molecule has 5 heteroatoms. The quantitative estimate of drug-likeness (QED) is 0.780. The lowest BCUT2D eigenvalue weighted by atomic mass is 9.82. The van der Waals surface area contributed by atoms with E-state index < -0.39 is 0 Å². The number of anilines is 1. The third kappa shape index (κ3) is 3.48. The van der Waals surface area contributed by atoms with Gasteiger partial charge in [-0.1, -0.05) is 37.6 Å². The van der Waals surface area contributed by atoms with Crippen LogP contribution in [0.4, 0.5) is 5.95 Å². The molecule has 1 aromatic heterocycles. The molecule has 0 N–H and O–H groups in total. The maximum atomic E-state index is 12.6. The van der Waals surface area contributed by atoms with E-state index in [1.165, 1.54) is 6.42 Å². The van der Waals surface area contributed by atoms with E-state index in [9.17, 15) is 4.79 Å². The Balaban J connectivity index is 1.61. The molecule has 0 radical (unpaired) electrons. The van der Waals surface area contributed by atoms with Gasteiger partial charge in [0.25, 0.3) is 0 Å². The van der Waals surface area contributed by atoms with Gasteiger partial charge in [0, 0.05) is 30.7 Å². The Hall–Kier alpha value is -1.94. The van der Waals surface area contributed by atoms with Crippen LogP contribution in [0.1, 0.15) is 54.2 Å². The fourth-order valence-corrected chi connectivity index (χ4v) is 4.51. The van der Waals surface area contributed by atoms with Gasteiger partial charge in [-0.2, -0.15) is 0 Å². The number of hydrogen-bond acceptors (Lipinski definition) is 4. The van der Waals surface area contributed by atoms with Crippen LogP contribution in [0.25, 0.3) is 0 Å². The summed E-state index contributed by atoms with van der Waals surface area (Å²) in [5.74, 6) is 2.35. The predicted octanol–water partition coefficient (Wildman–Crippen LogP) is 4.53. The number of hydrogen-bond donors (Lipinski definition) is 0. The molecule has 1 aliphatic heterocycles. The SMILES string of the molecule is C[C@@H]1C[C@H](C)CN(c2ncc3c(n2)C[C@@H](c2ccc(Cl)cc2)CC3=O)C1. The third-order valence-corrected chi connectivity index (χ3v) is 5.77. The second kappa shape index (κ2) is 6.99. The van der Waals surface area contributed by atoms with Crippen LogP contribution in [0.15, 0.2) is 30.5 Å². The number of ketones is 1. The van der Waals surface area contributed by atoms with Crippen LogP contribution >= 0.6 is 11.6 Å². The average molecular weight is 370 g/mol. The van der Waals surface area contributed by atoms with Crippen molar-refractivity contribution in [2.45, 2.75) is 39.0 Å². The Morgan fingerprint density at radius 1 is 1.08 bits per heavy atom. The molecule has 0 amide bonds. The first-order valence-corrected chi connectivity index (χ1v) is 9.77. The second-order valence-electron chi connectivity index (χ2n) is 7.96. The van der Waals surface area contributed by atoms with E-state index in [0.717, 1.165) is 36.7 Å². The third-order valence-electron chi connectivity index (χ3n) is 5.52. The van der Waals surface area contributed by atoms with Crippen LogP contribution in [-0.2, 0) is 6.42 Å². The number of carbonyl (C=O) groups is 1. The van der Waals surface area contributed by atoms with Crippen molar-refractivity contribution in [3.63, 3.8) is 0 Å². The number of fused-ring (bicyclic) bond motifs is 1. The largest absolute Gasteiger partial charge is 0.340 e. The first-order valence-electron chi connectivity index (χ1n) is 9.39. The summed E-state index contributed by atoms with van der Waals surface area (Å²) in [6, 6.07) is 7.81. The van der Waals surface area contributed by atoms with Gasteiger partial charge in [0.1, 0.15) is 0 Å². The summed E-state index contributed by atoms with van der Waals surface area (Å²) in [6.07, 6.45) is 4.27. The van der Waals surface area contributed by atoms with Gasteiger partial charge in [0.05, 0.1) is 11.3 Å². The zero-order chi connectivity index (χ0) is 18.3. The molecule has 0 saturated carbocycles. The van der Waals surface area contributed by atoms with Gasteiger partial charge in [-0.25, -0.2) is 9.97 Å². The number of rotatable bonds is 2. The van der Waals surface area contributed by atoms with Crippen LogP contribution in [-0.4, -0.2) is 28.8 Å². The summed E-state index contributed by atoms with van der Waals surface area (Å²) in [5, 5.41) is 0.717. The molecule has 2 aliphatic rings. The van der Waals surface area contributed by atoms with Gasteiger partial charge in [-0.3, -0.25) is 4.79 Å². The Bertz CT molecular complexity index is 811. The maximum absolute atomic E-state index is 12.6. The summed E-state index contributed by atoms with van der Waals surface area (Å²) < 4.78 is 0. The zero-order valence-corrected chi connectivity index (χ0v) is 16.0. The van der Waals surface area contributed by atoms with Crippen molar-refractivity contribution in [1.29, 1.82) is 0 Å². The number of piperidine rings is 1. The highest BCUT2D eigenvalue weighted by molar-refractivity contribution is 6.30. The monoisotopic (exact) mass is 369 g/mol. The Labute approximate surface area is 159 Å². The second-order valence-corrected chi connectivity index (χ2v) is 8.40. The van der Waals surface area contributed by atoms with Gasteiger partial charge >= 0.3 is 0 Å². The van der Waals surface area contributed by atoms with Gasteiger partial charge in [-0.15, -0.1) is 0 Å². The minimum atomic E-state index is 0.137. The molecule has 3 atom stereocenters. The highest BCUT2D eigenvalue weighted by Crippen LogP contribution is 2.33. The number of nitrogens with zero attached hydrogens (tertiary/aromatic N) is 3. The Morgan fingerprint density at radius 3 is 2.46 bits per heavy atom. The topological polar surface area (TPSA) is 46.1 Å². The van der Waals surface area contributed by atoms with Gasteiger partial charge in [0.15, 0.2) is 5.78 Å². The Kier molecular flexibility index (Phi) is 4.70. The summed E-state index contributed by atoms with van der Waals surface area (Å²) >= 11 is 6.00. The summed E-state index contributed by atoms with van der Waals surface area (Å²) in [6.45, 7) is 6.53. The molecular weight excluding hydrogens is 346 g/mol. The van der Waals surface area contributed by atoms with E-state index in [4.69, 9.17) is 16.6 Å². The highest BCUT2D eigenvalue weighted by atomic mass is 35.5. The molecule has 4 rings (SSSR count). The first-order chi connectivity index (χ1) is 12.5. The highest BCUT2D eigenvalue weighted by Gasteiger charge is 2.30. The van der Waals surface area contributed by atoms with Crippen molar-refractivity contribution in [2.24, 2.45) is 11.8 Å². The maximum Gasteiger partial charge on any atom is 0.225 e. The number of benzene rings is 1. The van der Waals surface area contributed by atoms with Gasteiger partial charge < -0.3 is 4.90 Å². The molecule has 0 unspecified atom stereocenters. The molecular formula is C21H24ClN3O. The fourth-order valence-electron chi connectivity index (χ4n) is 4.38. The van der Waals surface area contributed by atoms with E-state index >= 15 is 0 Å². The molecule has 4 nitrogen and oxygen atoms in total. The average Bonchev–Trinajstić information content (AvgIpc) is 2.61. The number of Topliss-reactive ketones (excluding diaryl/α,β-unsaturated/α-hetero) is 1. The van der Waals surface area contributed by atoms with Crippen molar-refractivity contribution >= 4 is 23.3 Å². The van der Waals surface area contributed by atoms with E-state index in [1.54, 1.807) is 6.20 Å². The Morgan fingerprint density at radius 2 is 1.77 bits per heavy atom. The number of halogens is 1. The van der Waals surface area contributed by atoms with Crippen LogP contribution in [0.5, 0.6) is 0 Å². The minimum Gasteiger partial charge on any atom is -0.340 e. The van der Waals surface area contributed by atoms with Crippen molar-refractivity contribution < 1.29 is 4.79 Å². The van der Waals surface area contributed by atoms with Crippen LogP contribution in [0.2, 0.25) is 5.02 Å².